The lowest BCUT2D eigenvalue weighted by molar-refractivity contribution is 0.579. The van der Waals surface area contributed by atoms with Crippen molar-refractivity contribution in [2.45, 2.75) is 18.8 Å². The minimum atomic E-state index is -0.236. The summed E-state index contributed by atoms with van der Waals surface area (Å²) in [5, 5.41) is 8.72. The van der Waals surface area contributed by atoms with E-state index in [1.54, 1.807) is 12.1 Å². The van der Waals surface area contributed by atoms with Gasteiger partial charge in [0.25, 0.3) is 0 Å². The molecule has 1 fully saturated rings. The summed E-state index contributed by atoms with van der Waals surface area (Å²) in [6, 6.07) is 8.90. The van der Waals surface area contributed by atoms with Crippen LogP contribution in [0.4, 0.5) is 4.39 Å². The molecule has 2 atom stereocenters. The second kappa shape index (κ2) is 2.56. The van der Waals surface area contributed by atoms with Gasteiger partial charge in [0.05, 0.1) is 12.0 Å². The van der Waals surface area contributed by atoms with Gasteiger partial charge in [0.1, 0.15) is 5.82 Å². The number of benzene rings is 1. The fourth-order valence-electron chi connectivity index (χ4n) is 1.78. The van der Waals surface area contributed by atoms with Crippen LogP contribution in [0, 0.1) is 23.1 Å². The molecule has 1 nitrogen and oxygen atoms in total. The lowest BCUT2D eigenvalue weighted by Gasteiger charge is -2.09. The molecule has 1 aromatic carbocycles. The summed E-state index contributed by atoms with van der Waals surface area (Å²) in [5.74, 6) is -0.202. The second-order valence-corrected chi connectivity index (χ2v) is 3.78. The summed E-state index contributed by atoms with van der Waals surface area (Å²) in [6.07, 6.45) is 0.782. The van der Waals surface area contributed by atoms with Crippen LogP contribution in [0.25, 0.3) is 0 Å². The molecule has 1 aromatic rings. The van der Waals surface area contributed by atoms with Crippen molar-refractivity contribution in [2.24, 2.45) is 5.92 Å². The summed E-state index contributed by atoms with van der Waals surface area (Å²) in [4.78, 5) is 0. The van der Waals surface area contributed by atoms with Gasteiger partial charge in [0, 0.05) is 5.41 Å². The summed E-state index contributed by atoms with van der Waals surface area (Å²) >= 11 is 0. The van der Waals surface area contributed by atoms with E-state index in [1.807, 2.05) is 13.0 Å². The molecule has 0 aliphatic heterocycles. The highest BCUT2D eigenvalue weighted by Gasteiger charge is 2.52. The van der Waals surface area contributed by atoms with Crippen molar-refractivity contribution >= 4 is 0 Å². The van der Waals surface area contributed by atoms with Gasteiger partial charge in [-0.2, -0.15) is 5.26 Å². The van der Waals surface area contributed by atoms with Crippen LogP contribution >= 0.6 is 0 Å². The fraction of sp³-hybridized carbons (Fsp3) is 0.364. The molecule has 66 valence electrons. The maximum Gasteiger partial charge on any atom is 0.126 e. The molecule has 1 saturated carbocycles. The molecule has 0 spiro atoms. The summed E-state index contributed by atoms with van der Waals surface area (Å²) < 4.78 is 13.3. The number of nitrogens with zero attached hydrogens (tertiary/aromatic N) is 1. The molecular weight excluding hydrogens is 165 g/mol. The van der Waals surface area contributed by atoms with Gasteiger partial charge in [-0.25, -0.2) is 4.39 Å². The quantitative estimate of drug-likeness (QED) is 0.643. The van der Waals surface area contributed by atoms with E-state index in [1.165, 1.54) is 6.07 Å². The third kappa shape index (κ3) is 1.12. The normalized spacial score (nSPS) is 31.0. The zero-order valence-corrected chi connectivity index (χ0v) is 7.42. The molecule has 1 aliphatic carbocycles. The van der Waals surface area contributed by atoms with Gasteiger partial charge in [-0.15, -0.1) is 0 Å². The average Bonchev–Trinajstić information content (AvgIpc) is 2.79. The molecule has 2 unspecified atom stereocenters. The number of nitriles is 1. The van der Waals surface area contributed by atoms with Gasteiger partial charge in [-0.3, -0.25) is 0 Å². The van der Waals surface area contributed by atoms with E-state index < -0.39 is 0 Å². The molecule has 0 saturated heterocycles. The standard InChI is InChI=1S/C11H10FN/c1-11(6-8(11)7-13)9-4-2-3-5-10(9)12/h2-5,8H,6H2,1H3. The van der Waals surface area contributed by atoms with Crippen molar-refractivity contribution in [3.8, 4) is 6.07 Å². The SMILES string of the molecule is CC1(c2ccccc2F)CC1C#N. The van der Waals surface area contributed by atoms with Crippen LogP contribution in [-0.2, 0) is 5.41 Å². The average molecular weight is 175 g/mol. The van der Waals surface area contributed by atoms with Gasteiger partial charge < -0.3 is 0 Å². The Kier molecular flexibility index (Phi) is 1.63. The molecule has 13 heavy (non-hydrogen) atoms. The first-order chi connectivity index (χ1) is 6.18. The fourth-order valence-corrected chi connectivity index (χ4v) is 1.78. The predicted molar refractivity (Wildman–Crippen MR) is 47.5 cm³/mol. The Bertz CT molecular complexity index is 380. The Balaban J connectivity index is 2.39. The van der Waals surface area contributed by atoms with E-state index in [2.05, 4.69) is 6.07 Å². The zero-order chi connectivity index (χ0) is 9.47. The first kappa shape index (κ1) is 8.25. The van der Waals surface area contributed by atoms with Crippen molar-refractivity contribution in [2.75, 3.05) is 0 Å². The van der Waals surface area contributed by atoms with E-state index in [0.717, 1.165) is 6.42 Å². The Morgan fingerprint density at radius 2 is 2.23 bits per heavy atom. The monoisotopic (exact) mass is 175 g/mol. The lowest BCUT2D eigenvalue weighted by Crippen LogP contribution is -2.06. The zero-order valence-electron chi connectivity index (χ0n) is 7.42. The summed E-state index contributed by atoms with van der Waals surface area (Å²) in [7, 11) is 0. The third-order valence-corrected chi connectivity index (χ3v) is 2.88. The van der Waals surface area contributed by atoms with E-state index in [9.17, 15) is 4.39 Å². The smallest absolute Gasteiger partial charge is 0.126 e. The molecule has 0 amide bonds. The molecule has 1 aliphatic rings. The number of hydrogen-bond donors (Lipinski definition) is 0. The van der Waals surface area contributed by atoms with Gasteiger partial charge in [-0.05, 0) is 18.1 Å². The highest BCUT2D eigenvalue weighted by atomic mass is 19.1. The molecular formula is C11H10FN. The van der Waals surface area contributed by atoms with Gasteiger partial charge in [0.15, 0.2) is 0 Å². The molecule has 2 rings (SSSR count). The van der Waals surface area contributed by atoms with Gasteiger partial charge in [-0.1, -0.05) is 25.1 Å². The molecule has 0 bridgehead atoms. The van der Waals surface area contributed by atoms with Crippen LogP contribution in [-0.4, -0.2) is 0 Å². The van der Waals surface area contributed by atoms with Crippen molar-refractivity contribution < 1.29 is 4.39 Å². The highest BCUT2D eigenvalue weighted by molar-refractivity contribution is 5.36. The molecule has 0 heterocycles. The van der Waals surface area contributed by atoms with Crippen LogP contribution in [0.1, 0.15) is 18.9 Å². The van der Waals surface area contributed by atoms with Crippen LogP contribution in [0.5, 0.6) is 0 Å². The summed E-state index contributed by atoms with van der Waals surface area (Å²) in [6.45, 7) is 1.94. The second-order valence-electron chi connectivity index (χ2n) is 3.78. The van der Waals surface area contributed by atoms with E-state index >= 15 is 0 Å². The maximum absolute atomic E-state index is 13.3. The Labute approximate surface area is 76.8 Å². The molecule has 2 heteroatoms. The van der Waals surface area contributed by atoms with Crippen LogP contribution in [0.2, 0.25) is 0 Å². The van der Waals surface area contributed by atoms with Crippen molar-refractivity contribution in [1.29, 1.82) is 5.26 Å². The number of halogens is 1. The predicted octanol–water partition coefficient (Wildman–Crippen LogP) is 2.63. The Morgan fingerprint density at radius 1 is 1.54 bits per heavy atom. The number of rotatable bonds is 1. The Hall–Kier alpha value is -1.36. The molecule has 0 aromatic heterocycles. The topological polar surface area (TPSA) is 23.8 Å². The minimum Gasteiger partial charge on any atom is -0.207 e. The minimum absolute atomic E-state index is 0.00981. The Morgan fingerprint density at radius 3 is 2.77 bits per heavy atom. The van der Waals surface area contributed by atoms with Crippen molar-refractivity contribution in [3.05, 3.63) is 35.6 Å². The van der Waals surface area contributed by atoms with E-state index in [-0.39, 0.29) is 17.2 Å². The van der Waals surface area contributed by atoms with Crippen LogP contribution in [0.3, 0.4) is 0 Å². The molecule has 0 N–H and O–H groups in total. The maximum atomic E-state index is 13.3. The highest BCUT2D eigenvalue weighted by Crippen LogP contribution is 2.53. The van der Waals surface area contributed by atoms with Gasteiger partial charge in [0.2, 0.25) is 0 Å². The van der Waals surface area contributed by atoms with E-state index in [4.69, 9.17) is 5.26 Å². The molecule has 0 radical (unpaired) electrons. The largest absolute Gasteiger partial charge is 0.207 e. The van der Waals surface area contributed by atoms with Crippen LogP contribution in [0.15, 0.2) is 24.3 Å². The first-order valence-electron chi connectivity index (χ1n) is 4.33. The third-order valence-electron chi connectivity index (χ3n) is 2.88. The van der Waals surface area contributed by atoms with Crippen molar-refractivity contribution in [3.63, 3.8) is 0 Å². The van der Waals surface area contributed by atoms with Crippen LogP contribution < -0.4 is 0 Å². The lowest BCUT2D eigenvalue weighted by atomic mass is 9.95. The van der Waals surface area contributed by atoms with E-state index in [0.29, 0.717) is 5.56 Å². The number of hydrogen-bond acceptors (Lipinski definition) is 1. The van der Waals surface area contributed by atoms with Gasteiger partial charge >= 0.3 is 0 Å². The van der Waals surface area contributed by atoms with Crippen molar-refractivity contribution in [1.82, 2.24) is 0 Å². The summed E-state index contributed by atoms with van der Waals surface area (Å²) in [5.41, 5.74) is 0.446. The first-order valence-corrected chi connectivity index (χ1v) is 4.33.